The molecule has 0 bridgehead atoms. The summed E-state index contributed by atoms with van der Waals surface area (Å²) in [7, 11) is 0. The third kappa shape index (κ3) is 2.56. The van der Waals surface area contributed by atoms with E-state index in [-0.39, 0.29) is 5.91 Å². The highest BCUT2D eigenvalue weighted by Gasteiger charge is 2.09. The van der Waals surface area contributed by atoms with Crippen molar-refractivity contribution in [2.45, 2.75) is 20.8 Å². The van der Waals surface area contributed by atoms with Crippen molar-refractivity contribution in [2.75, 3.05) is 5.32 Å². The van der Waals surface area contributed by atoms with Crippen LogP contribution in [-0.2, 0) is 0 Å². The van der Waals surface area contributed by atoms with Gasteiger partial charge < -0.3 is 5.32 Å². The summed E-state index contributed by atoms with van der Waals surface area (Å²) in [6.45, 7) is 6.05. The van der Waals surface area contributed by atoms with Crippen molar-refractivity contribution in [1.29, 1.82) is 0 Å². The largest absolute Gasteiger partial charge is 0.322 e. The normalized spacial score (nSPS) is 10.2. The van der Waals surface area contributed by atoms with Crippen LogP contribution in [0.3, 0.4) is 0 Å². The summed E-state index contributed by atoms with van der Waals surface area (Å²) >= 11 is 0. The van der Waals surface area contributed by atoms with Crippen LogP contribution in [0.5, 0.6) is 0 Å². The van der Waals surface area contributed by atoms with Crippen molar-refractivity contribution in [2.24, 2.45) is 0 Å². The molecule has 3 heteroatoms. The number of hydrogen-bond acceptors (Lipinski definition) is 2. The van der Waals surface area contributed by atoms with Crippen LogP contribution in [-0.4, -0.2) is 10.9 Å². The lowest BCUT2D eigenvalue weighted by Crippen LogP contribution is -2.13. The molecule has 3 nitrogen and oxygen atoms in total. The molecule has 92 valence electrons. The monoisotopic (exact) mass is 240 g/mol. The highest BCUT2D eigenvalue weighted by atomic mass is 16.1. The second-order valence-electron chi connectivity index (χ2n) is 4.46. The number of aryl methyl sites for hydroxylation is 3. The number of carbonyl (C=O) groups excluding carboxylic acids is 1. The number of anilines is 1. The molecule has 0 atom stereocenters. The number of pyridine rings is 1. The van der Waals surface area contributed by atoms with Crippen LogP contribution >= 0.6 is 0 Å². The molecule has 2 aromatic rings. The van der Waals surface area contributed by atoms with Crippen LogP contribution in [0.15, 0.2) is 36.7 Å². The zero-order chi connectivity index (χ0) is 13.1. The van der Waals surface area contributed by atoms with Crippen molar-refractivity contribution in [1.82, 2.24) is 4.98 Å². The average Bonchev–Trinajstić information content (AvgIpc) is 2.34. The summed E-state index contributed by atoms with van der Waals surface area (Å²) in [5, 5.41) is 2.96. The van der Waals surface area contributed by atoms with Crippen LogP contribution in [0, 0.1) is 20.8 Å². The third-order valence-corrected chi connectivity index (χ3v) is 2.86. The Kier molecular flexibility index (Phi) is 3.42. The molecule has 0 unspecified atom stereocenters. The van der Waals surface area contributed by atoms with Gasteiger partial charge in [0.15, 0.2) is 0 Å². The molecule has 1 amide bonds. The molecule has 0 radical (unpaired) electrons. The van der Waals surface area contributed by atoms with Gasteiger partial charge in [-0.25, -0.2) is 0 Å². The smallest absolute Gasteiger partial charge is 0.255 e. The molecule has 2 rings (SSSR count). The maximum absolute atomic E-state index is 12.1. The van der Waals surface area contributed by atoms with Crippen molar-refractivity contribution in [3.05, 3.63) is 58.9 Å². The van der Waals surface area contributed by atoms with Crippen molar-refractivity contribution in [3.63, 3.8) is 0 Å². The fourth-order valence-corrected chi connectivity index (χ4v) is 2.07. The van der Waals surface area contributed by atoms with Gasteiger partial charge in [0.05, 0.1) is 0 Å². The van der Waals surface area contributed by atoms with Gasteiger partial charge in [-0.3, -0.25) is 9.78 Å². The van der Waals surface area contributed by atoms with E-state index in [1.807, 2.05) is 13.8 Å². The second-order valence-corrected chi connectivity index (χ2v) is 4.46. The van der Waals surface area contributed by atoms with Gasteiger partial charge in [-0.2, -0.15) is 0 Å². The van der Waals surface area contributed by atoms with Gasteiger partial charge in [0, 0.05) is 23.6 Å². The predicted molar refractivity (Wildman–Crippen MR) is 72.8 cm³/mol. The maximum Gasteiger partial charge on any atom is 0.255 e. The average molecular weight is 240 g/mol. The third-order valence-electron chi connectivity index (χ3n) is 2.86. The van der Waals surface area contributed by atoms with Crippen LogP contribution in [0.4, 0.5) is 5.69 Å². The second kappa shape index (κ2) is 5.00. The number of aromatic nitrogens is 1. The number of benzene rings is 1. The van der Waals surface area contributed by atoms with Crippen LogP contribution in [0.25, 0.3) is 0 Å². The van der Waals surface area contributed by atoms with Crippen LogP contribution in [0.2, 0.25) is 0 Å². The lowest BCUT2D eigenvalue weighted by atomic mass is 10.0. The van der Waals surface area contributed by atoms with Gasteiger partial charge in [0.1, 0.15) is 0 Å². The molecule has 0 saturated heterocycles. The first-order chi connectivity index (χ1) is 8.58. The molecule has 18 heavy (non-hydrogen) atoms. The molecular formula is C15H16N2O. The lowest BCUT2D eigenvalue weighted by molar-refractivity contribution is 0.102. The maximum atomic E-state index is 12.1. The van der Waals surface area contributed by atoms with E-state index in [2.05, 4.69) is 29.4 Å². The van der Waals surface area contributed by atoms with E-state index in [4.69, 9.17) is 0 Å². The Morgan fingerprint density at radius 1 is 1.06 bits per heavy atom. The number of carbonyl (C=O) groups is 1. The molecule has 0 saturated carbocycles. The van der Waals surface area contributed by atoms with Gasteiger partial charge >= 0.3 is 0 Å². The summed E-state index contributed by atoms with van der Waals surface area (Å²) in [5.41, 5.74) is 4.86. The molecule has 1 aromatic carbocycles. The molecule has 1 heterocycles. The van der Waals surface area contributed by atoms with E-state index in [9.17, 15) is 4.79 Å². The number of amides is 1. The Morgan fingerprint density at radius 3 is 2.17 bits per heavy atom. The van der Waals surface area contributed by atoms with Crippen molar-refractivity contribution in [3.8, 4) is 0 Å². The Balaban J connectivity index is 2.28. The molecule has 0 aliphatic heterocycles. The SMILES string of the molecule is Cc1cc(C)c(NC(=O)c2ccncc2)c(C)c1. The summed E-state index contributed by atoms with van der Waals surface area (Å²) in [6, 6.07) is 7.53. The van der Waals surface area contributed by atoms with Crippen LogP contribution in [0.1, 0.15) is 27.0 Å². The molecule has 0 aliphatic rings. The fourth-order valence-electron chi connectivity index (χ4n) is 2.07. The molecule has 1 N–H and O–H groups in total. The number of nitrogens with one attached hydrogen (secondary N) is 1. The zero-order valence-corrected chi connectivity index (χ0v) is 10.8. The summed E-state index contributed by atoms with van der Waals surface area (Å²) < 4.78 is 0. The quantitative estimate of drug-likeness (QED) is 0.875. The lowest BCUT2D eigenvalue weighted by Gasteiger charge is -2.12. The summed E-state index contributed by atoms with van der Waals surface area (Å²) in [4.78, 5) is 16.0. The number of nitrogens with zero attached hydrogens (tertiary/aromatic N) is 1. The summed E-state index contributed by atoms with van der Waals surface area (Å²) in [5.74, 6) is -0.104. The Hall–Kier alpha value is -2.16. The van der Waals surface area contributed by atoms with E-state index >= 15 is 0 Å². The topological polar surface area (TPSA) is 42.0 Å². The first-order valence-electron chi connectivity index (χ1n) is 5.87. The van der Waals surface area contributed by atoms with Crippen LogP contribution < -0.4 is 5.32 Å². The highest BCUT2D eigenvalue weighted by molar-refractivity contribution is 6.04. The van der Waals surface area contributed by atoms with Gasteiger partial charge in [0.2, 0.25) is 0 Å². The number of hydrogen-bond donors (Lipinski definition) is 1. The number of rotatable bonds is 2. The highest BCUT2D eigenvalue weighted by Crippen LogP contribution is 2.22. The van der Waals surface area contributed by atoms with Crippen molar-refractivity contribution < 1.29 is 4.79 Å². The summed E-state index contributed by atoms with van der Waals surface area (Å²) in [6.07, 6.45) is 3.23. The van der Waals surface area contributed by atoms with Gasteiger partial charge in [-0.05, 0) is 44.0 Å². The molecule has 0 fully saturated rings. The molecule has 1 aromatic heterocycles. The first kappa shape index (κ1) is 12.3. The Labute approximate surface area is 107 Å². The first-order valence-corrected chi connectivity index (χ1v) is 5.87. The zero-order valence-electron chi connectivity index (χ0n) is 10.8. The van der Waals surface area contributed by atoms with E-state index in [0.29, 0.717) is 5.56 Å². The minimum Gasteiger partial charge on any atom is -0.322 e. The van der Waals surface area contributed by atoms with E-state index in [1.54, 1.807) is 24.5 Å². The molecular weight excluding hydrogens is 224 g/mol. The van der Waals surface area contributed by atoms with E-state index < -0.39 is 0 Å². The Morgan fingerprint density at radius 2 is 1.61 bits per heavy atom. The van der Waals surface area contributed by atoms with Crippen molar-refractivity contribution >= 4 is 11.6 Å². The fraction of sp³-hybridized carbons (Fsp3) is 0.200. The van der Waals surface area contributed by atoms with E-state index in [1.165, 1.54) is 5.56 Å². The van der Waals surface area contributed by atoms with E-state index in [0.717, 1.165) is 16.8 Å². The van der Waals surface area contributed by atoms with Gasteiger partial charge in [-0.15, -0.1) is 0 Å². The molecule has 0 spiro atoms. The standard InChI is InChI=1S/C15H16N2O/c1-10-8-11(2)14(12(3)9-10)17-15(18)13-4-6-16-7-5-13/h4-9H,1-3H3,(H,17,18). The van der Waals surface area contributed by atoms with Gasteiger partial charge in [0.25, 0.3) is 5.91 Å². The minimum atomic E-state index is -0.104. The molecule has 0 aliphatic carbocycles. The predicted octanol–water partition coefficient (Wildman–Crippen LogP) is 3.26. The van der Waals surface area contributed by atoms with Gasteiger partial charge in [-0.1, -0.05) is 17.7 Å². The minimum absolute atomic E-state index is 0.104. The Bertz CT molecular complexity index is 553.